The standard InChI is InChI=1S/C12H16ClNO2S/c13-11-4-2-1-3-10(11)9-12(14)5-7-17(15,16)8-6-12/h1-4H,5-9,14H2. The Kier molecular flexibility index (Phi) is 3.48. The maximum absolute atomic E-state index is 11.4. The lowest BCUT2D eigenvalue weighted by atomic mass is 9.86. The van der Waals surface area contributed by atoms with Crippen LogP contribution in [-0.2, 0) is 16.3 Å². The van der Waals surface area contributed by atoms with Gasteiger partial charge in [-0.05, 0) is 30.9 Å². The quantitative estimate of drug-likeness (QED) is 0.894. The number of halogens is 1. The molecule has 0 aromatic heterocycles. The molecule has 0 spiro atoms. The molecule has 1 heterocycles. The van der Waals surface area contributed by atoms with Crippen LogP contribution in [0.2, 0.25) is 5.02 Å². The van der Waals surface area contributed by atoms with Crippen LogP contribution in [0.5, 0.6) is 0 Å². The van der Waals surface area contributed by atoms with E-state index in [1.807, 2.05) is 24.3 Å². The van der Waals surface area contributed by atoms with E-state index < -0.39 is 15.4 Å². The van der Waals surface area contributed by atoms with Crippen LogP contribution in [0.1, 0.15) is 18.4 Å². The van der Waals surface area contributed by atoms with E-state index in [1.54, 1.807) is 0 Å². The predicted octanol–water partition coefficient (Wildman–Crippen LogP) is 1.79. The topological polar surface area (TPSA) is 60.2 Å². The third-order valence-corrected chi connectivity index (χ3v) is 5.34. The first-order valence-corrected chi connectivity index (χ1v) is 7.83. The van der Waals surface area contributed by atoms with E-state index in [-0.39, 0.29) is 11.5 Å². The van der Waals surface area contributed by atoms with Gasteiger partial charge in [-0.15, -0.1) is 0 Å². The minimum absolute atomic E-state index is 0.188. The molecule has 2 rings (SSSR count). The van der Waals surface area contributed by atoms with Gasteiger partial charge in [0.1, 0.15) is 9.84 Å². The van der Waals surface area contributed by atoms with Crippen molar-refractivity contribution in [2.45, 2.75) is 24.8 Å². The van der Waals surface area contributed by atoms with Crippen molar-refractivity contribution in [1.82, 2.24) is 0 Å². The fraction of sp³-hybridized carbons (Fsp3) is 0.500. The lowest BCUT2D eigenvalue weighted by molar-refractivity contribution is 0.379. The molecule has 3 nitrogen and oxygen atoms in total. The molecule has 1 aliphatic rings. The summed E-state index contributed by atoms with van der Waals surface area (Å²) < 4.78 is 22.8. The average Bonchev–Trinajstić information content (AvgIpc) is 2.27. The van der Waals surface area contributed by atoms with Gasteiger partial charge in [-0.25, -0.2) is 8.42 Å². The van der Waals surface area contributed by atoms with Gasteiger partial charge in [0, 0.05) is 10.6 Å². The Balaban J connectivity index is 2.12. The zero-order valence-corrected chi connectivity index (χ0v) is 11.1. The second-order valence-corrected chi connectivity index (χ2v) is 7.49. The van der Waals surface area contributed by atoms with Gasteiger partial charge in [0.05, 0.1) is 11.5 Å². The van der Waals surface area contributed by atoms with Gasteiger partial charge in [0.25, 0.3) is 0 Å². The fourth-order valence-electron chi connectivity index (χ4n) is 2.14. The third kappa shape index (κ3) is 3.21. The minimum Gasteiger partial charge on any atom is -0.325 e. The zero-order valence-electron chi connectivity index (χ0n) is 9.52. The van der Waals surface area contributed by atoms with Crippen LogP contribution in [0.15, 0.2) is 24.3 Å². The molecule has 1 aliphatic heterocycles. The van der Waals surface area contributed by atoms with Crippen LogP contribution in [0.25, 0.3) is 0 Å². The van der Waals surface area contributed by atoms with Crippen molar-refractivity contribution in [3.05, 3.63) is 34.9 Å². The van der Waals surface area contributed by atoms with Gasteiger partial charge in [0.15, 0.2) is 0 Å². The van der Waals surface area contributed by atoms with Gasteiger partial charge in [-0.1, -0.05) is 29.8 Å². The molecule has 0 atom stereocenters. The monoisotopic (exact) mass is 273 g/mol. The molecule has 1 fully saturated rings. The summed E-state index contributed by atoms with van der Waals surface area (Å²) in [7, 11) is -2.87. The number of sulfone groups is 1. The van der Waals surface area contributed by atoms with Crippen molar-refractivity contribution < 1.29 is 8.42 Å². The van der Waals surface area contributed by atoms with Crippen molar-refractivity contribution in [3.63, 3.8) is 0 Å². The van der Waals surface area contributed by atoms with E-state index in [2.05, 4.69) is 0 Å². The van der Waals surface area contributed by atoms with Crippen molar-refractivity contribution in [3.8, 4) is 0 Å². The largest absolute Gasteiger partial charge is 0.325 e. The lowest BCUT2D eigenvalue weighted by Gasteiger charge is -2.33. The second kappa shape index (κ2) is 4.59. The fourth-order valence-corrected chi connectivity index (χ4v) is 3.98. The molecule has 5 heteroatoms. The van der Waals surface area contributed by atoms with Gasteiger partial charge < -0.3 is 5.73 Å². The van der Waals surface area contributed by atoms with Crippen LogP contribution in [0.3, 0.4) is 0 Å². The van der Waals surface area contributed by atoms with Crippen LogP contribution in [-0.4, -0.2) is 25.5 Å². The molecule has 0 amide bonds. The molecule has 1 aromatic carbocycles. The van der Waals surface area contributed by atoms with Gasteiger partial charge in [-0.2, -0.15) is 0 Å². The summed E-state index contributed by atoms with van der Waals surface area (Å²) in [5.74, 6) is 0.377. The molecule has 0 aliphatic carbocycles. The summed E-state index contributed by atoms with van der Waals surface area (Å²) in [4.78, 5) is 0. The molecule has 0 unspecified atom stereocenters. The minimum atomic E-state index is -2.87. The second-order valence-electron chi connectivity index (χ2n) is 4.78. The summed E-state index contributed by atoms with van der Waals surface area (Å²) >= 11 is 6.09. The predicted molar refractivity (Wildman–Crippen MR) is 70.0 cm³/mol. The molecule has 2 N–H and O–H groups in total. The Labute approximate surface area is 107 Å². The van der Waals surface area contributed by atoms with E-state index in [0.717, 1.165) is 5.56 Å². The van der Waals surface area contributed by atoms with Crippen LogP contribution < -0.4 is 5.73 Å². The van der Waals surface area contributed by atoms with Crippen molar-refractivity contribution in [2.75, 3.05) is 11.5 Å². The molecule has 0 saturated carbocycles. The highest BCUT2D eigenvalue weighted by molar-refractivity contribution is 7.91. The van der Waals surface area contributed by atoms with Crippen LogP contribution in [0.4, 0.5) is 0 Å². The summed E-state index contributed by atoms with van der Waals surface area (Å²) in [6, 6.07) is 7.57. The van der Waals surface area contributed by atoms with Crippen molar-refractivity contribution in [1.29, 1.82) is 0 Å². The Bertz CT molecular complexity index is 499. The maximum atomic E-state index is 11.4. The van der Waals surface area contributed by atoms with E-state index in [9.17, 15) is 8.42 Å². The summed E-state index contributed by atoms with van der Waals surface area (Å²) in [6.07, 6.45) is 1.67. The first kappa shape index (κ1) is 12.9. The first-order valence-electron chi connectivity index (χ1n) is 5.63. The first-order chi connectivity index (χ1) is 7.90. The molecule has 1 aromatic rings. The summed E-state index contributed by atoms with van der Waals surface area (Å²) in [6.45, 7) is 0. The molecule has 94 valence electrons. The highest BCUT2D eigenvalue weighted by Crippen LogP contribution is 2.28. The van der Waals surface area contributed by atoms with Gasteiger partial charge in [0.2, 0.25) is 0 Å². The van der Waals surface area contributed by atoms with E-state index in [1.165, 1.54) is 0 Å². The highest BCUT2D eigenvalue weighted by Gasteiger charge is 2.34. The van der Waals surface area contributed by atoms with Crippen molar-refractivity contribution >= 4 is 21.4 Å². The Morgan fingerprint density at radius 2 is 1.82 bits per heavy atom. The lowest BCUT2D eigenvalue weighted by Crippen LogP contribution is -2.48. The van der Waals surface area contributed by atoms with Crippen molar-refractivity contribution in [2.24, 2.45) is 5.73 Å². The van der Waals surface area contributed by atoms with E-state index in [4.69, 9.17) is 17.3 Å². The SMILES string of the molecule is NC1(Cc2ccccc2Cl)CCS(=O)(=O)CC1. The molecular weight excluding hydrogens is 258 g/mol. The molecule has 0 bridgehead atoms. The third-order valence-electron chi connectivity index (χ3n) is 3.32. The molecular formula is C12H16ClNO2S. The number of benzene rings is 1. The van der Waals surface area contributed by atoms with E-state index in [0.29, 0.717) is 24.3 Å². The molecule has 1 saturated heterocycles. The normalized spacial score (nSPS) is 22.2. The highest BCUT2D eigenvalue weighted by atomic mass is 35.5. The average molecular weight is 274 g/mol. The number of hydrogen-bond acceptors (Lipinski definition) is 3. The summed E-state index contributed by atoms with van der Waals surface area (Å²) in [5.41, 5.74) is 6.82. The summed E-state index contributed by atoms with van der Waals surface area (Å²) in [5, 5.41) is 0.700. The van der Waals surface area contributed by atoms with Crippen LogP contribution in [0, 0.1) is 0 Å². The van der Waals surface area contributed by atoms with Crippen LogP contribution >= 0.6 is 11.6 Å². The Hall–Kier alpha value is -0.580. The zero-order chi connectivity index (χ0) is 12.5. The molecule has 0 radical (unpaired) electrons. The maximum Gasteiger partial charge on any atom is 0.150 e. The number of rotatable bonds is 2. The molecule has 17 heavy (non-hydrogen) atoms. The number of nitrogens with two attached hydrogens (primary N) is 1. The Morgan fingerprint density at radius 3 is 2.41 bits per heavy atom. The number of hydrogen-bond donors (Lipinski definition) is 1. The smallest absolute Gasteiger partial charge is 0.150 e. The van der Waals surface area contributed by atoms with E-state index >= 15 is 0 Å². The van der Waals surface area contributed by atoms with Gasteiger partial charge in [-0.3, -0.25) is 0 Å². The Morgan fingerprint density at radius 1 is 1.24 bits per heavy atom. The van der Waals surface area contributed by atoms with Gasteiger partial charge >= 0.3 is 0 Å².